The van der Waals surface area contributed by atoms with E-state index in [2.05, 4.69) is 11.9 Å². The second-order valence-corrected chi connectivity index (χ2v) is 8.91. The van der Waals surface area contributed by atoms with Crippen molar-refractivity contribution in [1.29, 1.82) is 0 Å². The van der Waals surface area contributed by atoms with Crippen LogP contribution in [0.1, 0.15) is 17.9 Å². The Morgan fingerprint density at radius 1 is 1.15 bits per heavy atom. The molecule has 1 saturated heterocycles. The molecule has 0 bridgehead atoms. The number of hydrogen-bond donors (Lipinski definition) is 0. The van der Waals surface area contributed by atoms with Crippen molar-refractivity contribution in [2.75, 3.05) is 27.2 Å². The fourth-order valence-corrected chi connectivity index (χ4v) is 6.20. The number of methoxy groups -OCH3 is 1. The largest absolute Gasteiger partial charge is 0.497 e. The highest BCUT2D eigenvalue weighted by Gasteiger charge is 2.39. The van der Waals surface area contributed by atoms with Crippen molar-refractivity contribution in [3.63, 3.8) is 0 Å². The van der Waals surface area contributed by atoms with Crippen LogP contribution in [0.2, 0.25) is 0 Å². The van der Waals surface area contributed by atoms with Gasteiger partial charge in [0.2, 0.25) is 0 Å². The Bertz CT molecular complexity index is 1150. The van der Waals surface area contributed by atoms with E-state index in [0.29, 0.717) is 22.1 Å². The van der Waals surface area contributed by atoms with Gasteiger partial charge in [0.25, 0.3) is 10.0 Å². The number of fused-ring (bicyclic) bond motifs is 5. The molecule has 2 aliphatic rings. The van der Waals surface area contributed by atoms with E-state index in [-0.39, 0.29) is 0 Å². The van der Waals surface area contributed by atoms with Gasteiger partial charge in [-0.25, -0.2) is 12.4 Å². The van der Waals surface area contributed by atoms with E-state index < -0.39 is 10.0 Å². The van der Waals surface area contributed by atoms with Gasteiger partial charge in [0, 0.05) is 29.5 Å². The Labute approximate surface area is 152 Å². The molecule has 26 heavy (non-hydrogen) atoms. The number of aromatic nitrogens is 1. The van der Waals surface area contributed by atoms with Crippen LogP contribution in [0, 0.1) is 0 Å². The average molecular weight is 368 g/mol. The lowest BCUT2D eigenvalue weighted by molar-refractivity contribution is 0.412. The van der Waals surface area contributed by atoms with E-state index in [1.54, 1.807) is 19.2 Å². The summed E-state index contributed by atoms with van der Waals surface area (Å²) in [6, 6.07) is 13.1. The zero-order valence-corrected chi connectivity index (χ0v) is 15.6. The lowest BCUT2D eigenvalue weighted by Gasteiger charge is -2.12. The van der Waals surface area contributed by atoms with Gasteiger partial charge in [-0.3, -0.25) is 0 Å². The number of likely N-dealkylation sites (N-methyl/N-ethyl adjacent to an activating group) is 1. The van der Waals surface area contributed by atoms with Crippen LogP contribution in [-0.2, 0) is 10.0 Å². The molecule has 0 aliphatic carbocycles. The molecule has 0 spiro atoms. The van der Waals surface area contributed by atoms with Crippen LogP contribution in [0.25, 0.3) is 22.2 Å². The summed E-state index contributed by atoms with van der Waals surface area (Å²) in [7, 11) is 0.128. The molecular formula is C20H20N2O3S. The van der Waals surface area contributed by atoms with Gasteiger partial charge >= 0.3 is 0 Å². The minimum absolute atomic E-state index is 0.327. The van der Waals surface area contributed by atoms with Gasteiger partial charge in [-0.15, -0.1) is 0 Å². The van der Waals surface area contributed by atoms with Gasteiger partial charge in [-0.05, 0) is 43.8 Å². The Hall–Kier alpha value is -2.31. The molecule has 0 N–H and O–H groups in total. The molecular weight excluding hydrogens is 348 g/mol. The molecule has 134 valence electrons. The number of hydrogen-bond acceptors (Lipinski definition) is 4. The number of benzene rings is 2. The third-order valence-corrected chi connectivity index (χ3v) is 7.40. The van der Waals surface area contributed by atoms with Crippen LogP contribution in [0.5, 0.6) is 5.75 Å². The molecule has 2 aliphatic heterocycles. The maximum atomic E-state index is 13.3. The Morgan fingerprint density at radius 3 is 2.69 bits per heavy atom. The van der Waals surface area contributed by atoms with Crippen molar-refractivity contribution >= 4 is 20.9 Å². The minimum Gasteiger partial charge on any atom is -0.497 e. The number of nitrogens with zero attached hydrogens (tertiary/aromatic N) is 2. The predicted molar refractivity (Wildman–Crippen MR) is 101 cm³/mol. The molecule has 1 aromatic heterocycles. The standard InChI is InChI=1S/C20H20N2O3S/c1-21-10-9-13(12-21)19-15-8-7-14(25-2)11-17(15)22-20(19)16-5-3-4-6-18(16)26(22,23)24/h3-8,11,13H,9-10,12H2,1-2H3/t13-/m1/s1. The van der Waals surface area contributed by atoms with Gasteiger partial charge in [0.15, 0.2) is 0 Å². The van der Waals surface area contributed by atoms with E-state index >= 15 is 0 Å². The zero-order chi connectivity index (χ0) is 18.1. The quantitative estimate of drug-likeness (QED) is 0.545. The molecule has 5 nitrogen and oxygen atoms in total. The van der Waals surface area contributed by atoms with Crippen LogP contribution in [-0.4, -0.2) is 44.5 Å². The Kier molecular flexibility index (Phi) is 3.27. The molecule has 0 unspecified atom stereocenters. The second kappa shape index (κ2) is 5.34. The molecule has 0 saturated carbocycles. The monoisotopic (exact) mass is 368 g/mol. The number of likely N-dealkylation sites (tertiary alicyclic amines) is 1. The summed E-state index contributed by atoms with van der Waals surface area (Å²) in [5.41, 5.74) is 3.51. The molecule has 1 fully saturated rings. The third-order valence-electron chi connectivity index (χ3n) is 5.63. The SMILES string of the molecule is COc1ccc2c([C@@H]3CCN(C)C3)c3n(c2c1)S(=O)(=O)c1ccccc1-3. The van der Waals surface area contributed by atoms with Crippen molar-refractivity contribution in [2.24, 2.45) is 0 Å². The summed E-state index contributed by atoms with van der Waals surface area (Å²) < 4.78 is 33.5. The second-order valence-electron chi connectivity index (χ2n) is 7.16. The molecule has 3 heterocycles. The lowest BCUT2D eigenvalue weighted by Crippen LogP contribution is -2.13. The molecule has 6 heteroatoms. The van der Waals surface area contributed by atoms with Crippen molar-refractivity contribution in [3.8, 4) is 17.0 Å². The van der Waals surface area contributed by atoms with E-state index in [4.69, 9.17) is 4.74 Å². The normalized spacial score (nSPS) is 21.1. The highest BCUT2D eigenvalue weighted by Crippen LogP contribution is 2.49. The summed E-state index contributed by atoms with van der Waals surface area (Å²) in [5, 5.41) is 1.01. The smallest absolute Gasteiger partial charge is 0.269 e. The topological polar surface area (TPSA) is 51.5 Å². The number of ether oxygens (including phenoxy) is 1. The summed E-state index contributed by atoms with van der Waals surface area (Å²) in [6.45, 7) is 1.97. The van der Waals surface area contributed by atoms with Crippen LogP contribution in [0.4, 0.5) is 0 Å². The summed E-state index contributed by atoms with van der Waals surface area (Å²) in [6.07, 6.45) is 1.04. The first-order valence-electron chi connectivity index (χ1n) is 8.78. The van der Waals surface area contributed by atoms with Crippen LogP contribution < -0.4 is 4.74 Å². The van der Waals surface area contributed by atoms with Gasteiger partial charge in [0.05, 0.1) is 23.2 Å². The first-order valence-corrected chi connectivity index (χ1v) is 10.2. The van der Waals surface area contributed by atoms with Gasteiger partial charge in [0.1, 0.15) is 5.75 Å². The third kappa shape index (κ3) is 1.97. The van der Waals surface area contributed by atoms with Crippen molar-refractivity contribution < 1.29 is 13.2 Å². The van der Waals surface area contributed by atoms with Gasteiger partial charge < -0.3 is 9.64 Å². The van der Waals surface area contributed by atoms with Crippen LogP contribution in [0.3, 0.4) is 0 Å². The van der Waals surface area contributed by atoms with Crippen LogP contribution in [0.15, 0.2) is 47.4 Å². The first-order chi connectivity index (χ1) is 12.5. The first kappa shape index (κ1) is 15.9. The Morgan fingerprint density at radius 2 is 1.96 bits per heavy atom. The van der Waals surface area contributed by atoms with E-state index in [0.717, 1.165) is 41.7 Å². The fraction of sp³-hybridized carbons (Fsp3) is 0.300. The highest BCUT2D eigenvalue weighted by molar-refractivity contribution is 7.90. The van der Waals surface area contributed by atoms with E-state index in [1.807, 2.05) is 30.3 Å². The van der Waals surface area contributed by atoms with Gasteiger partial charge in [-0.1, -0.05) is 18.2 Å². The molecule has 2 aromatic carbocycles. The Balaban J connectivity index is 1.92. The highest BCUT2D eigenvalue weighted by atomic mass is 32.2. The zero-order valence-electron chi connectivity index (χ0n) is 14.8. The van der Waals surface area contributed by atoms with E-state index in [1.165, 1.54) is 3.97 Å². The maximum Gasteiger partial charge on any atom is 0.269 e. The van der Waals surface area contributed by atoms with Crippen LogP contribution >= 0.6 is 0 Å². The fourth-order valence-electron chi connectivity index (χ4n) is 4.47. The predicted octanol–water partition coefficient (Wildman–Crippen LogP) is 3.29. The molecule has 1 atom stereocenters. The van der Waals surface area contributed by atoms with Crippen molar-refractivity contribution in [3.05, 3.63) is 48.0 Å². The summed E-state index contributed by atoms with van der Waals surface area (Å²) in [4.78, 5) is 2.70. The average Bonchev–Trinajstić information content (AvgIpc) is 3.27. The number of rotatable bonds is 2. The maximum absolute atomic E-state index is 13.3. The lowest BCUT2D eigenvalue weighted by atomic mass is 9.92. The van der Waals surface area contributed by atoms with Crippen molar-refractivity contribution in [2.45, 2.75) is 17.2 Å². The summed E-state index contributed by atoms with van der Waals surface area (Å²) >= 11 is 0. The summed E-state index contributed by atoms with van der Waals surface area (Å²) in [5.74, 6) is 0.993. The molecule has 5 rings (SSSR count). The molecule has 0 amide bonds. The van der Waals surface area contributed by atoms with Gasteiger partial charge in [-0.2, -0.15) is 0 Å². The molecule has 3 aromatic rings. The van der Waals surface area contributed by atoms with E-state index in [9.17, 15) is 8.42 Å². The molecule has 0 radical (unpaired) electrons. The minimum atomic E-state index is -3.59. The van der Waals surface area contributed by atoms with Crippen molar-refractivity contribution in [1.82, 2.24) is 8.87 Å².